The summed E-state index contributed by atoms with van der Waals surface area (Å²) in [6.45, 7) is -0.187. The molecule has 1 aliphatic rings. The number of rotatable bonds is 52. The van der Waals surface area contributed by atoms with Crippen molar-refractivity contribution >= 4 is 168 Å². The molecule has 6 aromatic carbocycles. The molecule has 6 aromatic rings. The lowest BCUT2D eigenvalue weighted by Gasteiger charge is -2.28. The van der Waals surface area contributed by atoms with Crippen LogP contribution in [0.15, 0.2) is 152 Å². The van der Waals surface area contributed by atoms with Crippen LogP contribution >= 0.6 is 0 Å². The standard InChI is InChI=1S/C78H89N11O45S7/c1-43(2)32-55(69(95)85-61(39-67(93)134-141(123,124)125)74(100)83-57(36-47-19-27-52(28-20-47)131-138(114,115)116)68(94)79-49(40-90)33-45-15-23-50(24-16-45)129-136(108,109)110)82-73(99)60(38-66(92)133-140(120,121)122)86-72(98)58(37-48-21-29-53(30-22-48)132-139(117,118)119)84-75(101)62(41-128-135(105,106)107)88-70(96)56(35-46-17-25-51(26-18-46)130-137(111,112)113)80-65(91)42-127-64-14-8-7-12-54(64)81-71(97)59(34-44-10-5-4-6-11-44)87-76(102)63-13-9-31-89(63)77(103)78(104)126-3/h4-8,10-12,14-30,40,43,49,55-63H,9,13,31-39,41-42H2,1-3H3,(H,79,94)(H,80,91)(H,81,97)(H,82,99)(H,83,100)(H,84,101)(H,85,95)(H,86,98)(H,87,102)(H,88,96)(H,105,106,107)(H,108,109,110)(H,111,112,113)(H,114,115,116)(H,117,118,119)(H,120,121,122)(H,123,124,125)/t49-,55-,56-,57-,58-,59+,60-,61-,62-,63-/m0/s1. The van der Waals surface area contributed by atoms with Crippen molar-refractivity contribution in [3.05, 3.63) is 179 Å². The van der Waals surface area contributed by atoms with E-state index in [1.165, 1.54) is 50.2 Å². The first-order chi connectivity index (χ1) is 65.6. The highest BCUT2D eigenvalue weighted by molar-refractivity contribution is 7.82. The van der Waals surface area contributed by atoms with Crippen molar-refractivity contribution in [1.29, 1.82) is 0 Å². The smallest absolute Gasteiger partial charge is 0.448 e. The molecule has 141 heavy (non-hydrogen) atoms. The average molecular weight is 2130 g/mol. The number of carbonyl (C=O) groups is 15. The topological polar surface area (TPSA) is 843 Å². The number of nitrogens with one attached hydrogen (secondary N) is 10. The van der Waals surface area contributed by atoms with Gasteiger partial charge in [-0.2, -0.15) is 58.9 Å². The van der Waals surface area contributed by atoms with E-state index >= 15 is 4.79 Å². The van der Waals surface area contributed by atoms with Crippen molar-refractivity contribution in [3.63, 3.8) is 0 Å². The molecule has 1 aliphatic heterocycles. The van der Waals surface area contributed by atoms with Crippen LogP contribution in [0.4, 0.5) is 5.69 Å². The van der Waals surface area contributed by atoms with Crippen LogP contribution in [0.5, 0.6) is 28.7 Å². The Morgan fingerprint density at radius 3 is 1.13 bits per heavy atom. The van der Waals surface area contributed by atoms with Gasteiger partial charge in [0.05, 0.1) is 38.3 Å². The molecule has 0 spiro atoms. The molecule has 768 valence electrons. The van der Waals surface area contributed by atoms with Crippen LogP contribution in [0, 0.1) is 5.92 Å². The molecule has 10 atom stereocenters. The van der Waals surface area contributed by atoms with Crippen molar-refractivity contribution in [3.8, 4) is 28.7 Å². The van der Waals surface area contributed by atoms with Gasteiger partial charge >= 0.3 is 96.6 Å². The van der Waals surface area contributed by atoms with Crippen LogP contribution in [0.1, 0.15) is 73.8 Å². The number of para-hydroxylation sites is 2. The van der Waals surface area contributed by atoms with Gasteiger partial charge in [0.15, 0.2) is 6.61 Å². The predicted molar refractivity (Wildman–Crippen MR) is 472 cm³/mol. The van der Waals surface area contributed by atoms with E-state index in [1.54, 1.807) is 30.3 Å². The van der Waals surface area contributed by atoms with Gasteiger partial charge in [0.25, 0.3) is 5.91 Å². The van der Waals surface area contributed by atoms with Crippen LogP contribution in [0.25, 0.3) is 0 Å². The van der Waals surface area contributed by atoms with E-state index in [0.29, 0.717) is 5.56 Å². The first-order valence-electron chi connectivity index (χ1n) is 40.3. The molecule has 1 heterocycles. The Morgan fingerprint density at radius 1 is 0.390 bits per heavy atom. The molecular formula is C78H89N11O45S7. The highest BCUT2D eigenvalue weighted by Gasteiger charge is 2.42. The third-order valence-electron chi connectivity index (χ3n) is 19.0. The Hall–Kier alpha value is -14.1. The minimum Gasteiger partial charge on any atom is -0.482 e. The lowest BCUT2D eigenvalue weighted by Crippen LogP contribution is -2.61. The summed E-state index contributed by atoms with van der Waals surface area (Å²) in [5.74, 6) is -24.7. The summed E-state index contributed by atoms with van der Waals surface area (Å²) in [6, 6.07) is 8.04. The molecule has 0 saturated carbocycles. The van der Waals surface area contributed by atoms with Crippen LogP contribution in [0.2, 0.25) is 0 Å². The molecular weight excluding hydrogens is 2040 g/mol. The van der Waals surface area contributed by atoms with E-state index in [0.717, 1.165) is 96.9 Å². The third-order valence-corrected chi connectivity index (χ3v) is 21.9. The Balaban J connectivity index is 1.22. The van der Waals surface area contributed by atoms with E-state index in [9.17, 15) is 153 Å². The van der Waals surface area contributed by atoms with E-state index in [1.807, 2.05) is 26.6 Å². The fourth-order valence-corrected chi connectivity index (χ4v) is 15.4. The summed E-state index contributed by atoms with van der Waals surface area (Å²) >= 11 is 0. The number of esters is 1. The molecule has 1 saturated heterocycles. The normalized spacial score (nSPS) is 14.8. The number of hydrogen-bond donors (Lipinski definition) is 17. The van der Waals surface area contributed by atoms with E-state index in [2.05, 4.69) is 60.6 Å². The fraction of sp³-hybridized carbons (Fsp3) is 0.346. The Bertz CT molecular complexity index is 6450. The van der Waals surface area contributed by atoms with Gasteiger partial charge in [-0.1, -0.05) is 105 Å². The zero-order valence-electron chi connectivity index (χ0n) is 73.0. The first-order valence-corrected chi connectivity index (χ1v) is 49.9. The van der Waals surface area contributed by atoms with Gasteiger partial charge in [0, 0.05) is 32.2 Å². The Morgan fingerprint density at radius 2 is 0.738 bits per heavy atom. The molecule has 0 radical (unpaired) electrons. The average Bonchev–Trinajstić information content (AvgIpc) is 1.77. The molecule has 7 rings (SSSR count). The molecule has 63 heteroatoms. The molecule has 56 nitrogen and oxygen atoms in total. The van der Waals surface area contributed by atoms with Crippen LogP contribution in [-0.2, 0) is 194 Å². The number of methoxy groups -OCH3 is 1. The first kappa shape index (κ1) is 114. The lowest BCUT2D eigenvalue weighted by atomic mass is 10.0. The summed E-state index contributed by atoms with van der Waals surface area (Å²) in [6.07, 6.45) is -6.85. The number of hydrogen-bond acceptors (Lipinski definition) is 38. The lowest BCUT2D eigenvalue weighted by molar-refractivity contribution is -0.159. The molecule has 0 unspecified atom stereocenters. The van der Waals surface area contributed by atoms with Gasteiger partial charge in [-0.25, -0.2) is 8.98 Å². The third kappa shape index (κ3) is 41.5. The van der Waals surface area contributed by atoms with Gasteiger partial charge in [-0.3, -0.25) is 94.2 Å². The zero-order chi connectivity index (χ0) is 105. The van der Waals surface area contributed by atoms with Gasteiger partial charge in [0.1, 0.15) is 89.4 Å². The number of aldehydes is 1. The molecule has 17 N–H and O–H groups in total. The Labute approximate surface area is 802 Å². The number of anilines is 1. The molecule has 1 fully saturated rings. The number of benzene rings is 6. The maximum Gasteiger partial charge on any atom is 0.448 e. The van der Waals surface area contributed by atoms with Gasteiger partial charge in [-0.05, 0) is 120 Å². The second-order valence-electron chi connectivity index (χ2n) is 30.4. The summed E-state index contributed by atoms with van der Waals surface area (Å²) in [7, 11) is -37.2. The summed E-state index contributed by atoms with van der Waals surface area (Å²) in [4.78, 5) is 211. The van der Waals surface area contributed by atoms with Crippen molar-refractivity contribution in [2.75, 3.05) is 32.2 Å². The maximum absolute atomic E-state index is 15.1. The number of amides is 11. The fourth-order valence-electron chi connectivity index (χ4n) is 13.1. The van der Waals surface area contributed by atoms with Crippen molar-refractivity contribution in [2.24, 2.45) is 5.92 Å². The molecule has 11 amide bonds. The quantitative estimate of drug-likeness (QED) is 0.00749. The minimum atomic E-state index is -5.90. The number of ether oxygens (including phenoxy) is 2. The van der Waals surface area contributed by atoms with Gasteiger partial charge < -0.3 is 97.4 Å². The number of nitrogens with zero attached hydrogens (tertiary/aromatic N) is 1. The Kier molecular flexibility index (Phi) is 40.9. The molecule has 0 bridgehead atoms. The SMILES string of the molecule is COC(=O)C(=O)N1CCC[C@H]1C(=O)N[C@H](Cc1ccccc1)C(=O)Nc1ccccc1OCC(=O)N[C@@H](Cc1ccc(OS(=O)(=O)O)cc1)C(=O)N[C@@H](COS(=O)(=O)O)C(=O)N[C@@H](Cc1ccc(OS(=O)(=O)O)cc1)C(=O)N[C@@H](CC(=O)OS(=O)(=O)O)C(=O)N[C@@H](CC(C)C)C(=O)N[C@@H](CC(=O)OS(=O)(=O)O)C(=O)N[C@@H](Cc1ccc(OS(=O)(=O)O)cc1)C(=O)N[C@H](C=O)Cc1ccc(OS(=O)(=O)O)cc1. The number of carbonyl (C=O) groups excluding carboxylic acids is 15. The molecule has 0 aromatic heterocycles. The van der Waals surface area contributed by atoms with E-state index in [-0.39, 0.29) is 65.8 Å². The van der Waals surface area contributed by atoms with Crippen molar-refractivity contribution in [2.45, 2.75) is 138 Å². The van der Waals surface area contributed by atoms with E-state index < -0.39 is 303 Å². The minimum absolute atomic E-state index is 0.0180. The summed E-state index contributed by atoms with van der Waals surface area (Å²) < 4.78 is 271. The maximum atomic E-state index is 15.1. The van der Waals surface area contributed by atoms with E-state index in [4.69, 9.17) is 9.29 Å². The highest BCUT2D eigenvalue weighted by Crippen LogP contribution is 2.27. The summed E-state index contributed by atoms with van der Waals surface area (Å²) in [5, 5.41) is 21.9. The van der Waals surface area contributed by atoms with Crippen molar-refractivity contribution < 1.29 is 201 Å². The number of likely N-dealkylation sites (tertiary alicyclic amines) is 1. The van der Waals surface area contributed by atoms with Crippen LogP contribution in [0.3, 0.4) is 0 Å². The second-order valence-corrected chi connectivity index (χ2v) is 37.6. The zero-order valence-corrected chi connectivity index (χ0v) is 78.7. The van der Waals surface area contributed by atoms with Crippen LogP contribution < -0.4 is 74.6 Å². The largest absolute Gasteiger partial charge is 0.482 e. The molecule has 0 aliphatic carbocycles. The summed E-state index contributed by atoms with van der Waals surface area (Å²) in [5.41, 5.74) is 0.111. The van der Waals surface area contributed by atoms with Gasteiger partial charge in [0.2, 0.25) is 53.2 Å². The van der Waals surface area contributed by atoms with Crippen molar-refractivity contribution in [1.82, 2.24) is 52.8 Å². The second kappa shape index (κ2) is 50.7. The van der Waals surface area contributed by atoms with Crippen LogP contribution in [-0.4, -0.2) is 272 Å². The monoisotopic (exact) mass is 2120 g/mol. The predicted octanol–water partition coefficient (Wildman–Crippen LogP) is -3.99. The van der Waals surface area contributed by atoms with Gasteiger partial charge in [-0.15, -0.1) is 0 Å². The highest BCUT2D eigenvalue weighted by atomic mass is 32.3.